The molecule has 0 atom stereocenters. The number of nitrogens with zero attached hydrogens (tertiary/aromatic N) is 2. The Morgan fingerprint density at radius 1 is 1.43 bits per heavy atom. The summed E-state index contributed by atoms with van der Waals surface area (Å²) in [6.07, 6.45) is 3.44. The van der Waals surface area contributed by atoms with E-state index in [0.717, 1.165) is 17.8 Å². The fourth-order valence-corrected chi connectivity index (χ4v) is 2.19. The van der Waals surface area contributed by atoms with Crippen molar-refractivity contribution in [3.63, 3.8) is 0 Å². The third kappa shape index (κ3) is 5.36. The SMILES string of the molecule is CC(C)CNC(=S)Nc1cccc(Cn2cc(Cl)cn2)c1. The molecule has 4 nitrogen and oxygen atoms in total. The molecule has 1 aromatic carbocycles. The van der Waals surface area contributed by atoms with Gasteiger partial charge < -0.3 is 10.6 Å². The molecular weight excluding hydrogens is 304 g/mol. The van der Waals surface area contributed by atoms with E-state index in [4.69, 9.17) is 23.8 Å². The van der Waals surface area contributed by atoms with Gasteiger partial charge in [0.05, 0.1) is 17.8 Å². The highest BCUT2D eigenvalue weighted by Crippen LogP contribution is 2.13. The second-order valence-electron chi connectivity index (χ2n) is 5.29. The summed E-state index contributed by atoms with van der Waals surface area (Å²) in [5, 5.41) is 11.8. The Labute approximate surface area is 135 Å². The van der Waals surface area contributed by atoms with Gasteiger partial charge in [0, 0.05) is 18.4 Å². The summed E-state index contributed by atoms with van der Waals surface area (Å²) in [7, 11) is 0. The van der Waals surface area contributed by atoms with Gasteiger partial charge in [0.15, 0.2) is 5.11 Å². The molecule has 0 aliphatic carbocycles. The average Bonchev–Trinajstić information content (AvgIpc) is 2.82. The molecule has 1 aromatic heterocycles. The van der Waals surface area contributed by atoms with Gasteiger partial charge in [0.2, 0.25) is 0 Å². The van der Waals surface area contributed by atoms with Crippen molar-refractivity contribution in [2.24, 2.45) is 5.92 Å². The van der Waals surface area contributed by atoms with Crippen LogP contribution < -0.4 is 10.6 Å². The molecule has 0 unspecified atom stereocenters. The molecule has 0 amide bonds. The predicted molar refractivity (Wildman–Crippen MR) is 91.8 cm³/mol. The molecule has 2 aromatic rings. The maximum Gasteiger partial charge on any atom is 0.170 e. The molecule has 1 heterocycles. The second-order valence-corrected chi connectivity index (χ2v) is 6.13. The van der Waals surface area contributed by atoms with E-state index < -0.39 is 0 Å². The molecule has 0 bridgehead atoms. The van der Waals surface area contributed by atoms with Gasteiger partial charge in [0.25, 0.3) is 0 Å². The van der Waals surface area contributed by atoms with Crippen LogP contribution in [0.4, 0.5) is 5.69 Å². The first-order valence-corrected chi connectivity index (χ1v) is 7.63. The summed E-state index contributed by atoms with van der Waals surface area (Å²) in [4.78, 5) is 0. The average molecular weight is 323 g/mol. The number of nitrogens with one attached hydrogen (secondary N) is 2. The Kier molecular flexibility index (Phi) is 5.59. The predicted octanol–water partition coefficient (Wildman–Crippen LogP) is 3.53. The molecule has 0 aliphatic rings. The zero-order valence-corrected chi connectivity index (χ0v) is 13.7. The van der Waals surface area contributed by atoms with Gasteiger partial charge in [-0.05, 0) is 35.8 Å². The van der Waals surface area contributed by atoms with Gasteiger partial charge >= 0.3 is 0 Å². The lowest BCUT2D eigenvalue weighted by molar-refractivity contribution is 0.627. The number of halogens is 1. The minimum absolute atomic E-state index is 0.556. The van der Waals surface area contributed by atoms with Crippen molar-refractivity contribution in [2.45, 2.75) is 20.4 Å². The van der Waals surface area contributed by atoms with Crippen LogP contribution in [-0.2, 0) is 6.54 Å². The van der Waals surface area contributed by atoms with E-state index in [1.165, 1.54) is 0 Å². The van der Waals surface area contributed by atoms with Crippen molar-refractivity contribution in [3.05, 3.63) is 47.2 Å². The topological polar surface area (TPSA) is 41.9 Å². The highest BCUT2D eigenvalue weighted by Gasteiger charge is 2.02. The number of hydrogen-bond acceptors (Lipinski definition) is 2. The smallest absolute Gasteiger partial charge is 0.170 e. The maximum absolute atomic E-state index is 5.87. The number of anilines is 1. The molecular formula is C15H19ClN4S. The molecule has 0 saturated heterocycles. The number of thiocarbonyl (C=S) groups is 1. The number of aromatic nitrogens is 2. The van der Waals surface area contributed by atoms with E-state index >= 15 is 0 Å². The lowest BCUT2D eigenvalue weighted by Gasteiger charge is -2.13. The Morgan fingerprint density at radius 2 is 2.24 bits per heavy atom. The number of rotatable bonds is 5. The molecule has 6 heteroatoms. The fourth-order valence-electron chi connectivity index (χ4n) is 1.83. The first-order chi connectivity index (χ1) is 10.0. The Bertz CT molecular complexity index is 609. The summed E-state index contributed by atoms with van der Waals surface area (Å²) >= 11 is 11.1. The number of hydrogen-bond donors (Lipinski definition) is 2. The van der Waals surface area contributed by atoms with E-state index in [1.807, 2.05) is 18.2 Å². The Morgan fingerprint density at radius 3 is 2.90 bits per heavy atom. The van der Waals surface area contributed by atoms with E-state index in [2.05, 4.69) is 35.6 Å². The molecule has 2 N–H and O–H groups in total. The van der Waals surface area contributed by atoms with E-state index in [1.54, 1.807) is 17.1 Å². The lowest BCUT2D eigenvalue weighted by atomic mass is 10.2. The molecule has 0 saturated carbocycles. The third-order valence-corrected chi connectivity index (χ3v) is 3.24. The van der Waals surface area contributed by atoms with Crippen LogP contribution in [0, 0.1) is 5.92 Å². The fraction of sp³-hybridized carbons (Fsp3) is 0.333. The molecule has 0 spiro atoms. The van der Waals surface area contributed by atoms with Crippen LogP contribution in [0.1, 0.15) is 19.4 Å². The van der Waals surface area contributed by atoms with Crippen LogP contribution >= 0.6 is 23.8 Å². The lowest BCUT2D eigenvalue weighted by Crippen LogP contribution is -2.31. The maximum atomic E-state index is 5.87. The van der Waals surface area contributed by atoms with Gasteiger partial charge in [-0.15, -0.1) is 0 Å². The van der Waals surface area contributed by atoms with Gasteiger partial charge in [-0.2, -0.15) is 5.10 Å². The van der Waals surface area contributed by atoms with Crippen LogP contribution in [0.3, 0.4) is 0 Å². The van der Waals surface area contributed by atoms with Gasteiger partial charge in [-0.25, -0.2) is 0 Å². The van der Waals surface area contributed by atoms with Crippen LogP contribution in [0.2, 0.25) is 5.02 Å². The zero-order valence-electron chi connectivity index (χ0n) is 12.1. The quantitative estimate of drug-likeness (QED) is 0.826. The van der Waals surface area contributed by atoms with Crippen LogP contribution in [0.5, 0.6) is 0 Å². The van der Waals surface area contributed by atoms with Gasteiger partial charge in [0.1, 0.15) is 0 Å². The van der Waals surface area contributed by atoms with Crippen molar-refractivity contribution in [1.29, 1.82) is 0 Å². The summed E-state index contributed by atoms with van der Waals surface area (Å²) in [5.74, 6) is 0.556. The largest absolute Gasteiger partial charge is 0.362 e. The highest BCUT2D eigenvalue weighted by molar-refractivity contribution is 7.80. The summed E-state index contributed by atoms with van der Waals surface area (Å²) in [6, 6.07) is 8.08. The van der Waals surface area contributed by atoms with Crippen molar-refractivity contribution >= 4 is 34.6 Å². The van der Waals surface area contributed by atoms with Crippen molar-refractivity contribution in [1.82, 2.24) is 15.1 Å². The van der Waals surface area contributed by atoms with Crippen molar-refractivity contribution in [2.75, 3.05) is 11.9 Å². The molecule has 0 radical (unpaired) electrons. The van der Waals surface area contributed by atoms with Crippen molar-refractivity contribution < 1.29 is 0 Å². The molecule has 0 fully saturated rings. The Balaban J connectivity index is 1.95. The molecule has 21 heavy (non-hydrogen) atoms. The van der Waals surface area contributed by atoms with E-state index in [9.17, 15) is 0 Å². The zero-order chi connectivity index (χ0) is 15.2. The molecule has 0 aliphatic heterocycles. The van der Waals surface area contributed by atoms with E-state index in [0.29, 0.717) is 22.6 Å². The second kappa shape index (κ2) is 7.43. The Hall–Kier alpha value is -1.59. The monoisotopic (exact) mass is 322 g/mol. The standard InChI is InChI=1S/C15H19ClN4S/c1-11(2)7-17-15(21)19-14-5-3-4-12(6-14)9-20-10-13(16)8-18-20/h3-6,8,10-11H,7,9H2,1-2H3,(H2,17,19,21). The van der Waals surface area contributed by atoms with E-state index in [-0.39, 0.29) is 0 Å². The van der Waals surface area contributed by atoms with Crippen LogP contribution in [0.25, 0.3) is 0 Å². The summed E-state index contributed by atoms with van der Waals surface area (Å²) in [5.41, 5.74) is 2.10. The highest BCUT2D eigenvalue weighted by atomic mass is 35.5. The third-order valence-electron chi connectivity index (χ3n) is 2.80. The minimum Gasteiger partial charge on any atom is -0.362 e. The minimum atomic E-state index is 0.556. The van der Waals surface area contributed by atoms with Gasteiger partial charge in [-0.3, -0.25) is 4.68 Å². The van der Waals surface area contributed by atoms with Crippen molar-refractivity contribution in [3.8, 4) is 0 Å². The van der Waals surface area contributed by atoms with Crippen LogP contribution in [0.15, 0.2) is 36.7 Å². The first kappa shape index (κ1) is 15.8. The molecule has 2 rings (SSSR count). The number of benzene rings is 1. The summed E-state index contributed by atoms with van der Waals surface area (Å²) in [6.45, 7) is 5.82. The first-order valence-electron chi connectivity index (χ1n) is 6.84. The summed E-state index contributed by atoms with van der Waals surface area (Å²) < 4.78 is 1.80. The normalized spacial score (nSPS) is 10.7. The molecule has 112 valence electrons. The van der Waals surface area contributed by atoms with Gasteiger partial charge in [-0.1, -0.05) is 37.6 Å². The van der Waals surface area contributed by atoms with Crippen LogP contribution in [-0.4, -0.2) is 21.4 Å².